The molecule has 4 saturated carbocycles. The largest absolute Gasteiger partial charge is 0.493 e. The van der Waals surface area contributed by atoms with Gasteiger partial charge in [0.1, 0.15) is 0 Å². The first-order valence-electron chi connectivity index (χ1n) is 10.3. The number of benzene rings is 1. The molecule has 0 aromatic heterocycles. The van der Waals surface area contributed by atoms with Crippen molar-refractivity contribution in [3.05, 3.63) is 23.8 Å². The number of methoxy groups -OCH3 is 1. The summed E-state index contributed by atoms with van der Waals surface area (Å²) < 4.78 is 16.0. The van der Waals surface area contributed by atoms with Crippen LogP contribution in [0.2, 0.25) is 0 Å². The average Bonchev–Trinajstić information content (AvgIpc) is 2.65. The van der Waals surface area contributed by atoms with E-state index in [4.69, 9.17) is 14.2 Å². The molecule has 0 radical (unpaired) electrons. The van der Waals surface area contributed by atoms with Crippen LogP contribution in [0.15, 0.2) is 18.2 Å². The fraction of sp³-hybridized carbons (Fsp3) is 0.636. The molecule has 1 aromatic rings. The molecule has 4 bridgehead atoms. The monoisotopic (exact) mass is 387 g/mol. The first-order valence-corrected chi connectivity index (χ1v) is 10.3. The summed E-state index contributed by atoms with van der Waals surface area (Å²) in [4.78, 5) is 24.9. The molecule has 0 heterocycles. The maximum atomic E-state index is 12.5. The number of hydrogen-bond acceptors (Lipinski definition) is 5. The fourth-order valence-electron chi connectivity index (χ4n) is 5.88. The van der Waals surface area contributed by atoms with Crippen LogP contribution in [-0.2, 0) is 9.53 Å². The first-order chi connectivity index (χ1) is 13.5. The normalized spacial score (nSPS) is 30.0. The zero-order chi connectivity index (χ0) is 19.7. The minimum atomic E-state index is -0.538. The van der Waals surface area contributed by atoms with Gasteiger partial charge >= 0.3 is 5.97 Å². The molecule has 4 aliphatic rings. The highest BCUT2D eigenvalue weighted by Crippen LogP contribution is 2.55. The molecule has 0 spiro atoms. The summed E-state index contributed by atoms with van der Waals surface area (Å²) in [5, 5.41) is 3.22. The summed E-state index contributed by atoms with van der Waals surface area (Å²) in [5.74, 6) is 2.56. The van der Waals surface area contributed by atoms with Crippen LogP contribution >= 0.6 is 0 Å². The van der Waals surface area contributed by atoms with Crippen LogP contribution in [0.5, 0.6) is 11.5 Å². The molecule has 0 unspecified atom stereocenters. The molecule has 28 heavy (non-hydrogen) atoms. The van der Waals surface area contributed by atoms with Gasteiger partial charge in [0.25, 0.3) is 5.91 Å². The zero-order valence-electron chi connectivity index (χ0n) is 16.7. The Morgan fingerprint density at radius 3 is 2.29 bits per heavy atom. The van der Waals surface area contributed by atoms with Crippen LogP contribution in [0.1, 0.15) is 55.8 Å². The summed E-state index contributed by atoms with van der Waals surface area (Å²) in [6, 6.07) is 4.86. The van der Waals surface area contributed by atoms with E-state index in [1.165, 1.54) is 19.3 Å². The number of rotatable bonds is 7. The first kappa shape index (κ1) is 19.1. The third kappa shape index (κ3) is 3.82. The Kier molecular flexibility index (Phi) is 5.21. The maximum Gasteiger partial charge on any atom is 0.338 e. The van der Waals surface area contributed by atoms with E-state index in [1.54, 1.807) is 25.3 Å². The van der Waals surface area contributed by atoms with E-state index in [1.807, 2.05) is 6.92 Å². The predicted octanol–water partition coefficient (Wildman–Crippen LogP) is 3.34. The van der Waals surface area contributed by atoms with Crippen LogP contribution < -0.4 is 14.8 Å². The Morgan fingerprint density at radius 1 is 1.07 bits per heavy atom. The van der Waals surface area contributed by atoms with Gasteiger partial charge in [-0.15, -0.1) is 0 Å². The molecule has 0 aliphatic heterocycles. The zero-order valence-corrected chi connectivity index (χ0v) is 16.7. The van der Waals surface area contributed by atoms with Crippen LogP contribution in [-0.4, -0.2) is 37.7 Å². The van der Waals surface area contributed by atoms with Gasteiger partial charge in [-0.05, 0) is 81.4 Å². The van der Waals surface area contributed by atoms with Crippen molar-refractivity contribution >= 4 is 11.9 Å². The number of nitrogens with one attached hydrogen (secondary N) is 1. The van der Waals surface area contributed by atoms with Gasteiger partial charge in [0.05, 0.1) is 19.3 Å². The summed E-state index contributed by atoms with van der Waals surface area (Å²) in [6.45, 7) is 2.07. The standard InChI is InChI=1S/C22H29NO5/c1-3-27-19-9-17(4-5-18(19)26-2)21(25)28-13-20(24)23-22-10-14-6-15(11-22)8-16(7-14)12-22/h4-5,9,14-16H,3,6-8,10-13H2,1-2H3,(H,23,24). The van der Waals surface area contributed by atoms with E-state index in [0.29, 0.717) is 23.7 Å². The molecule has 1 N–H and O–H groups in total. The van der Waals surface area contributed by atoms with Gasteiger partial charge in [0.2, 0.25) is 0 Å². The third-order valence-electron chi connectivity index (χ3n) is 6.48. The molecule has 5 rings (SSSR count). The SMILES string of the molecule is CCOc1cc(C(=O)OCC(=O)NC23CC4CC(CC(C4)C2)C3)ccc1OC. The minimum Gasteiger partial charge on any atom is -0.493 e. The van der Waals surface area contributed by atoms with Crippen molar-refractivity contribution in [2.75, 3.05) is 20.3 Å². The highest BCUT2D eigenvalue weighted by molar-refractivity contribution is 5.92. The number of hydrogen-bond donors (Lipinski definition) is 1. The lowest BCUT2D eigenvalue weighted by Crippen LogP contribution is -2.60. The Labute approximate surface area is 165 Å². The quantitative estimate of drug-likeness (QED) is 0.727. The lowest BCUT2D eigenvalue weighted by molar-refractivity contribution is -0.130. The Balaban J connectivity index is 1.34. The van der Waals surface area contributed by atoms with Crippen LogP contribution in [0.3, 0.4) is 0 Å². The molecule has 0 atom stereocenters. The van der Waals surface area contributed by atoms with Crippen LogP contribution in [0.25, 0.3) is 0 Å². The smallest absolute Gasteiger partial charge is 0.338 e. The van der Waals surface area contributed by atoms with E-state index in [9.17, 15) is 9.59 Å². The third-order valence-corrected chi connectivity index (χ3v) is 6.48. The highest BCUT2D eigenvalue weighted by Gasteiger charge is 2.51. The lowest BCUT2D eigenvalue weighted by Gasteiger charge is -2.56. The fourth-order valence-corrected chi connectivity index (χ4v) is 5.88. The predicted molar refractivity (Wildman–Crippen MR) is 103 cm³/mol. The van der Waals surface area contributed by atoms with Crippen LogP contribution in [0, 0.1) is 17.8 Å². The second-order valence-corrected chi connectivity index (χ2v) is 8.62. The van der Waals surface area contributed by atoms with E-state index in [0.717, 1.165) is 37.0 Å². The lowest BCUT2D eigenvalue weighted by atomic mass is 9.53. The van der Waals surface area contributed by atoms with Crippen molar-refractivity contribution in [1.29, 1.82) is 0 Å². The molecule has 1 aromatic carbocycles. The topological polar surface area (TPSA) is 73.9 Å². The molecule has 6 heteroatoms. The van der Waals surface area contributed by atoms with Gasteiger partial charge < -0.3 is 19.5 Å². The summed E-state index contributed by atoms with van der Waals surface area (Å²) in [6.07, 6.45) is 7.20. The van der Waals surface area contributed by atoms with Crippen molar-refractivity contribution < 1.29 is 23.8 Å². The Morgan fingerprint density at radius 2 is 1.71 bits per heavy atom. The summed E-state index contributed by atoms with van der Waals surface area (Å²) in [7, 11) is 1.55. The number of amides is 1. The second-order valence-electron chi connectivity index (χ2n) is 8.62. The van der Waals surface area contributed by atoms with Gasteiger partial charge in [-0.2, -0.15) is 0 Å². The number of esters is 1. The van der Waals surface area contributed by atoms with E-state index < -0.39 is 5.97 Å². The van der Waals surface area contributed by atoms with Crippen molar-refractivity contribution in [2.24, 2.45) is 17.8 Å². The van der Waals surface area contributed by atoms with Gasteiger partial charge in [0.15, 0.2) is 18.1 Å². The molecule has 0 saturated heterocycles. The Bertz CT molecular complexity index is 724. The van der Waals surface area contributed by atoms with Gasteiger partial charge in [-0.1, -0.05) is 0 Å². The van der Waals surface area contributed by atoms with Crippen molar-refractivity contribution in [2.45, 2.75) is 51.0 Å². The average molecular weight is 387 g/mol. The highest BCUT2D eigenvalue weighted by atomic mass is 16.5. The van der Waals surface area contributed by atoms with Gasteiger partial charge in [-0.3, -0.25) is 4.79 Å². The van der Waals surface area contributed by atoms with Crippen LogP contribution in [0.4, 0.5) is 0 Å². The molecule has 1 amide bonds. The summed E-state index contributed by atoms with van der Waals surface area (Å²) >= 11 is 0. The molecule has 6 nitrogen and oxygen atoms in total. The van der Waals surface area contributed by atoms with Crippen molar-refractivity contribution in [3.63, 3.8) is 0 Å². The second kappa shape index (κ2) is 7.64. The van der Waals surface area contributed by atoms with Gasteiger partial charge in [-0.25, -0.2) is 4.79 Å². The van der Waals surface area contributed by atoms with E-state index >= 15 is 0 Å². The van der Waals surface area contributed by atoms with Crippen molar-refractivity contribution in [3.8, 4) is 11.5 Å². The Hall–Kier alpha value is -2.24. The van der Waals surface area contributed by atoms with E-state index in [-0.39, 0.29) is 18.1 Å². The molecule has 4 fully saturated rings. The molecular formula is C22H29NO5. The molecular weight excluding hydrogens is 358 g/mol. The van der Waals surface area contributed by atoms with Crippen molar-refractivity contribution in [1.82, 2.24) is 5.32 Å². The van der Waals surface area contributed by atoms with Gasteiger partial charge in [0, 0.05) is 5.54 Å². The number of carbonyl (C=O) groups excluding carboxylic acids is 2. The molecule has 152 valence electrons. The molecule has 4 aliphatic carbocycles. The minimum absolute atomic E-state index is 0.0690. The number of ether oxygens (including phenoxy) is 3. The maximum absolute atomic E-state index is 12.5. The summed E-state index contributed by atoms with van der Waals surface area (Å²) in [5.41, 5.74) is 0.271. The van der Waals surface area contributed by atoms with E-state index in [2.05, 4.69) is 5.32 Å². The number of carbonyl (C=O) groups is 2.